The Labute approximate surface area is 125 Å². The van der Waals surface area contributed by atoms with Gasteiger partial charge in [-0.05, 0) is 36.2 Å². The highest BCUT2D eigenvalue weighted by Crippen LogP contribution is 2.17. The lowest BCUT2D eigenvalue weighted by Crippen LogP contribution is -2.43. The Morgan fingerprint density at radius 3 is 2.76 bits per heavy atom. The van der Waals surface area contributed by atoms with Crippen LogP contribution in [0.3, 0.4) is 0 Å². The van der Waals surface area contributed by atoms with E-state index in [4.69, 9.17) is 0 Å². The van der Waals surface area contributed by atoms with Crippen molar-refractivity contribution in [1.29, 1.82) is 0 Å². The van der Waals surface area contributed by atoms with Gasteiger partial charge in [0.05, 0.1) is 6.10 Å². The summed E-state index contributed by atoms with van der Waals surface area (Å²) in [6.45, 7) is 2.82. The maximum Gasteiger partial charge on any atom is 0.325 e. The molecular weight excluding hydrogens is 294 g/mol. The highest BCUT2D eigenvalue weighted by Gasteiger charge is 2.44. The fraction of sp³-hybridized carbons (Fsp3) is 0.462. The molecule has 0 spiro atoms. The van der Waals surface area contributed by atoms with Gasteiger partial charge in [0.1, 0.15) is 12.1 Å². The van der Waals surface area contributed by atoms with Crippen molar-refractivity contribution < 1.29 is 19.5 Å². The van der Waals surface area contributed by atoms with E-state index in [2.05, 4.69) is 10.6 Å². The molecule has 0 saturated carbocycles. The number of rotatable bonds is 5. The van der Waals surface area contributed by atoms with E-state index in [0.717, 1.165) is 10.5 Å². The van der Waals surface area contributed by atoms with Crippen molar-refractivity contribution >= 4 is 29.2 Å². The maximum atomic E-state index is 11.9. The highest BCUT2D eigenvalue weighted by molar-refractivity contribution is 7.07. The summed E-state index contributed by atoms with van der Waals surface area (Å²) in [5.74, 6) is -0.938. The van der Waals surface area contributed by atoms with Crippen LogP contribution >= 0.6 is 11.3 Å². The first kappa shape index (κ1) is 15.5. The topological polar surface area (TPSA) is 98.7 Å². The Kier molecular flexibility index (Phi) is 4.29. The Morgan fingerprint density at radius 2 is 2.24 bits per heavy atom. The molecule has 8 heteroatoms. The van der Waals surface area contributed by atoms with Crippen LogP contribution < -0.4 is 10.6 Å². The van der Waals surface area contributed by atoms with Gasteiger partial charge in [-0.1, -0.05) is 0 Å². The molecule has 2 rings (SSSR count). The number of amides is 4. The summed E-state index contributed by atoms with van der Waals surface area (Å²) in [6.07, 6.45) is -0.806. The zero-order valence-corrected chi connectivity index (χ0v) is 12.6. The molecule has 4 amide bonds. The summed E-state index contributed by atoms with van der Waals surface area (Å²) in [7, 11) is 0. The summed E-state index contributed by atoms with van der Waals surface area (Å²) >= 11 is 1.45. The van der Waals surface area contributed by atoms with E-state index in [1.54, 1.807) is 25.3 Å². The van der Waals surface area contributed by atoms with Crippen LogP contribution in [0.2, 0.25) is 0 Å². The van der Waals surface area contributed by atoms with Crippen LogP contribution in [0.25, 0.3) is 0 Å². The predicted molar refractivity (Wildman–Crippen MR) is 76.6 cm³/mol. The second-order valence-corrected chi connectivity index (χ2v) is 6.10. The van der Waals surface area contributed by atoms with Crippen molar-refractivity contribution in [2.24, 2.45) is 0 Å². The van der Waals surface area contributed by atoms with Gasteiger partial charge >= 0.3 is 6.03 Å². The summed E-state index contributed by atoms with van der Waals surface area (Å²) in [5, 5.41) is 18.5. The number of carbonyl (C=O) groups excluding carboxylic acids is 3. The molecule has 1 fully saturated rings. The summed E-state index contributed by atoms with van der Waals surface area (Å²) in [6, 6.07) is 1.18. The van der Waals surface area contributed by atoms with Gasteiger partial charge in [-0.15, -0.1) is 0 Å². The second-order valence-electron chi connectivity index (χ2n) is 5.32. The van der Waals surface area contributed by atoms with E-state index < -0.39 is 29.5 Å². The van der Waals surface area contributed by atoms with Crippen LogP contribution in [0.1, 0.15) is 25.5 Å². The second kappa shape index (κ2) is 5.82. The number of thiophene rings is 1. The molecule has 1 aromatic rings. The maximum absolute atomic E-state index is 11.9. The van der Waals surface area contributed by atoms with Crippen molar-refractivity contribution in [1.82, 2.24) is 15.5 Å². The normalized spacial score (nSPS) is 18.5. The molecule has 3 N–H and O–H groups in total. The van der Waals surface area contributed by atoms with E-state index >= 15 is 0 Å². The van der Waals surface area contributed by atoms with E-state index in [1.807, 2.05) is 5.38 Å². The average molecular weight is 311 g/mol. The quantitative estimate of drug-likeness (QED) is 0.678. The van der Waals surface area contributed by atoms with Crippen LogP contribution in [0, 0.1) is 0 Å². The lowest BCUT2D eigenvalue weighted by atomic mass is 10.1. The highest BCUT2D eigenvalue weighted by atomic mass is 32.1. The summed E-state index contributed by atoms with van der Waals surface area (Å²) in [5.41, 5.74) is -0.274. The van der Waals surface area contributed by atoms with Crippen molar-refractivity contribution in [3.8, 4) is 0 Å². The zero-order chi connectivity index (χ0) is 15.6. The van der Waals surface area contributed by atoms with Crippen molar-refractivity contribution in [3.05, 3.63) is 22.4 Å². The number of nitrogens with one attached hydrogen (secondary N) is 2. The smallest absolute Gasteiger partial charge is 0.325 e. The Balaban J connectivity index is 1.85. The van der Waals surface area contributed by atoms with Crippen LogP contribution in [-0.2, 0) is 9.59 Å². The standard InChI is InChI=1S/C13H17N3O4S/c1-13(2)11(19)16(12(20)15-13)6-10(18)14-5-9(17)8-3-4-21-7-8/h3-4,7,9,17H,5-6H2,1-2H3,(H,14,18)(H,15,20). The third kappa shape index (κ3) is 3.40. The molecule has 1 aliphatic rings. The molecule has 21 heavy (non-hydrogen) atoms. The fourth-order valence-corrected chi connectivity index (χ4v) is 2.66. The number of nitrogens with zero attached hydrogens (tertiary/aromatic N) is 1. The molecule has 0 radical (unpaired) electrons. The summed E-state index contributed by atoms with van der Waals surface area (Å²) in [4.78, 5) is 36.2. The van der Waals surface area contributed by atoms with E-state index in [9.17, 15) is 19.5 Å². The minimum absolute atomic E-state index is 0.0304. The Bertz CT molecular complexity index is 556. The largest absolute Gasteiger partial charge is 0.387 e. The van der Waals surface area contributed by atoms with Gasteiger partial charge in [0.25, 0.3) is 5.91 Å². The van der Waals surface area contributed by atoms with Crippen LogP contribution in [0.4, 0.5) is 4.79 Å². The fourth-order valence-electron chi connectivity index (χ4n) is 1.95. The van der Waals surface area contributed by atoms with Gasteiger partial charge in [-0.25, -0.2) is 4.79 Å². The van der Waals surface area contributed by atoms with Gasteiger partial charge in [-0.2, -0.15) is 11.3 Å². The number of imide groups is 1. The number of carbonyl (C=O) groups is 3. The Hall–Kier alpha value is -1.93. The van der Waals surface area contributed by atoms with Crippen molar-refractivity contribution in [3.63, 3.8) is 0 Å². The molecule has 7 nitrogen and oxygen atoms in total. The van der Waals surface area contributed by atoms with Crippen LogP contribution in [0.5, 0.6) is 0 Å². The monoisotopic (exact) mass is 311 g/mol. The summed E-state index contributed by atoms with van der Waals surface area (Å²) < 4.78 is 0. The first-order valence-electron chi connectivity index (χ1n) is 6.42. The molecule has 1 atom stereocenters. The van der Waals surface area contributed by atoms with E-state index in [0.29, 0.717) is 0 Å². The molecule has 1 aromatic heterocycles. The lowest BCUT2D eigenvalue weighted by molar-refractivity contribution is -0.134. The predicted octanol–water partition coefficient (Wildman–Crippen LogP) is 0.228. The van der Waals surface area contributed by atoms with Gasteiger partial charge < -0.3 is 15.7 Å². The number of aliphatic hydroxyl groups excluding tert-OH is 1. The van der Waals surface area contributed by atoms with Crippen molar-refractivity contribution in [2.45, 2.75) is 25.5 Å². The minimum Gasteiger partial charge on any atom is -0.387 e. The van der Waals surface area contributed by atoms with Gasteiger partial charge in [0.15, 0.2) is 0 Å². The molecule has 1 aliphatic heterocycles. The van der Waals surface area contributed by atoms with Gasteiger partial charge in [-0.3, -0.25) is 14.5 Å². The molecule has 1 saturated heterocycles. The molecular formula is C13H17N3O4S. The lowest BCUT2D eigenvalue weighted by Gasteiger charge is -2.16. The van der Waals surface area contributed by atoms with Gasteiger partial charge in [0, 0.05) is 6.54 Å². The number of hydrogen-bond acceptors (Lipinski definition) is 5. The van der Waals surface area contributed by atoms with E-state index in [1.165, 1.54) is 11.3 Å². The zero-order valence-electron chi connectivity index (χ0n) is 11.8. The number of hydrogen-bond donors (Lipinski definition) is 3. The molecule has 2 heterocycles. The number of urea groups is 1. The number of aliphatic hydroxyl groups is 1. The molecule has 114 valence electrons. The third-order valence-corrected chi connectivity index (χ3v) is 3.87. The average Bonchev–Trinajstić information content (AvgIpc) is 2.99. The third-order valence-electron chi connectivity index (χ3n) is 3.17. The van der Waals surface area contributed by atoms with Crippen LogP contribution in [0.15, 0.2) is 16.8 Å². The molecule has 0 aliphatic carbocycles. The van der Waals surface area contributed by atoms with Gasteiger partial charge in [0.2, 0.25) is 5.91 Å². The molecule has 0 aromatic carbocycles. The van der Waals surface area contributed by atoms with Crippen molar-refractivity contribution in [2.75, 3.05) is 13.1 Å². The van der Waals surface area contributed by atoms with E-state index in [-0.39, 0.29) is 13.1 Å². The SMILES string of the molecule is CC1(C)NC(=O)N(CC(=O)NCC(O)c2ccsc2)C1=O. The first-order chi connectivity index (χ1) is 9.81. The van der Waals surface area contributed by atoms with Crippen LogP contribution in [-0.4, -0.2) is 46.5 Å². The molecule has 1 unspecified atom stereocenters. The Morgan fingerprint density at radius 1 is 1.52 bits per heavy atom. The first-order valence-corrected chi connectivity index (χ1v) is 7.36. The minimum atomic E-state index is -0.993. The molecule has 0 bridgehead atoms.